The van der Waals surface area contributed by atoms with Crippen molar-refractivity contribution in [2.24, 2.45) is 5.16 Å². The SMILES string of the molecule is C/C(=N\O)c1ccccc1. The van der Waals surface area contributed by atoms with Crippen LogP contribution in [0.3, 0.4) is 0 Å². The third-order valence-corrected chi connectivity index (χ3v) is 1.34. The molecular formula is C8H9NO. The van der Waals surface area contributed by atoms with Gasteiger partial charge in [-0.3, -0.25) is 0 Å². The van der Waals surface area contributed by atoms with E-state index in [1.807, 2.05) is 30.3 Å². The highest BCUT2D eigenvalue weighted by Crippen LogP contribution is 1.99. The van der Waals surface area contributed by atoms with Crippen molar-refractivity contribution < 1.29 is 5.21 Å². The zero-order valence-electron chi connectivity index (χ0n) is 5.78. The first kappa shape index (κ1) is 6.81. The smallest absolute Gasteiger partial charge is 0.0836 e. The fourth-order valence-corrected chi connectivity index (χ4v) is 0.737. The van der Waals surface area contributed by atoms with Gasteiger partial charge in [-0.25, -0.2) is 0 Å². The van der Waals surface area contributed by atoms with Crippen molar-refractivity contribution in [3.05, 3.63) is 35.9 Å². The molecule has 1 aromatic rings. The Morgan fingerprint density at radius 3 is 2.40 bits per heavy atom. The van der Waals surface area contributed by atoms with Crippen LogP contribution in [0.25, 0.3) is 0 Å². The van der Waals surface area contributed by atoms with Crippen molar-refractivity contribution in [3.8, 4) is 0 Å². The van der Waals surface area contributed by atoms with Gasteiger partial charge in [-0.2, -0.15) is 0 Å². The summed E-state index contributed by atoms with van der Waals surface area (Å²) in [5.74, 6) is 0. The van der Waals surface area contributed by atoms with Crippen molar-refractivity contribution in [2.45, 2.75) is 6.92 Å². The molecule has 1 N–H and O–H groups in total. The Morgan fingerprint density at radius 1 is 1.30 bits per heavy atom. The van der Waals surface area contributed by atoms with E-state index in [0.717, 1.165) is 5.56 Å². The van der Waals surface area contributed by atoms with Gasteiger partial charge in [-0.05, 0) is 12.5 Å². The highest BCUT2D eigenvalue weighted by molar-refractivity contribution is 5.98. The summed E-state index contributed by atoms with van der Waals surface area (Å²) < 4.78 is 0. The topological polar surface area (TPSA) is 32.6 Å². The third-order valence-electron chi connectivity index (χ3n) is 1.34. The van der Waals surface area contributed by atoms with Gasteiger partial charge in [-0.15, -0.1) is 0 Å². The lowest BCUT2D eigenvalue weighted by molar-refractivity contribution is 0.319. The maximum atomic E-state index is 8.38. The lowest BCUT2D eigenvalue weighted by Crippen LogP contribution is -1.92. The summed E-state index contributed by atoms with van der Waals surface area (Å²) in [5.41, 5.74) is 1.59. The van der Waals surface area contributed by atoms with Crippen LogP contribution >= 0.6 is 0 Å². The molecule has 0 fully saturated rings. The van der Waals surface area contributed by atoms with Crippen LogP contribution in [0, 0.1) is 0 Å². The van der Waals surface area contributed by atoms with E-state index < -0.39 is 0 Å². The summed E-state index contributed by atoms with van der Waals surface area (Å²) in [6, 6.07) is 9.53. The Kier molecular flexibility index (Phi) is 2.05. The summed E-state index contributed by atoms with van der Waals surface area (Å²) in [6.45, 7) is 1.76. The molecule has 2 nitrogen and oxygen atoms in total. The minimum absolute atomic E-state index is 0.639. The van der Waals surface area contributed by atoms with Gasteiger partial charge in [0.2, 0.25) is 0 Å². The molecule has 0 saturated heterocycles. The number of benzene rings is 1. The van der Waals surface area contributed by atoms with Crippen LogP contribution in [-0.2, 0) is 0 Å². The lowest BCUT2D eigenvalue weighted by atomic mass is 10.1. The summed E-state index contributed by atoms with van der Waals surface area (Å²) in [7, 11) is 0. The maximum absolute atomic E-state index is 8.38. The predicted molar refractivity (Wildman–Crippen MR) is 40.4 cm³/mol. The molecule has 0 aliphatic heterocycles. The van der Waals surface area contributed by atoms with Crippen LogP contribution in [0.1, 0.15) is 12.5 Å². The van der Waals surface area contributed by atoms with Gasteiger partial charge in [0, 0.05) is 0 Å². The molecule has 2 heteroatoms. The van der Waals surface area contributed by atoms with E-state index in [1.54, 1.807) is 6.92 Å². The maximum Gasteiger partial charge on any atom is 0.0836 e. The quantitative estimate of drug-likeness (QED) is 0.356. The largest absolute Gasteiger partial charge is 0.411 e. The second-order valence-electron chi connectivity index (χ2n) is 2.05. The van der Waals surface area contributed by atoms with E-state index in [4.69, 9.17) is 5.21 Å². The highest BCUT2D eigenvalue weighted by atomic mass is 16.4. The summed E-state index contributed by atoms with van der Waals surface area (Å²) >= 11 is 0. The van der Waals surface area contributed by atoms with Crippen LogP contribution in [0.2, 0.25) is 0 Å². The van der Waals surface area contributed by atoms with E-state index in [-0.39, 0.29) is 0 Å². The molecule has 0 heterocycles. The van der Waals surface area contributed by atoms with Crippen molar-refractivity contribution in [1.29, 1.82) is 0 Å². The Balaban J connectivity index is 2.96. The van der Waals surface area contributed by atoms with E-state index in [9.17, 15) is 0 Å². The molecule has 52 valence electrons. The molecule has 0 aromatic heterocycles. The average Bonchev–Trinajstić information content (AvgIpc) is 2.05. The molecule has 0 saturated carbocycles. The number of rotatable bonds is 1. The van der Waals surface area contributed by atoms with Crippen LogP contribution < -0.4 is 0 Å². The monoisotopic (exact) mass is 135 g/mol. The second-order valence-corrected chi connectivity index (χ2v) is 2.05. The Bertz CT molecular complexity index is 228. The summed E-state index contributed by atoms with van der Waals surface area (Å²) in [6.07, 6.45) is 0. The van der Waals surface area contributed by atoms with Crippen molar-refractivity contribution in [1.82, 2.24) is 0 Å². The standard InChI is InChI=1S/C8H9NO/c1-7(9-10)8-5-3-2-4-6-8/h2-6,10H,1H3/b9-7+. The van der Waals surface area contributed by atoms with Gasteiger partial charge in [0.15, 0.2) is 0 Å². The summed E-state index contributed by atoms with van der Waals surface area (Å²) in [5, 5.41) is 11.5. The first-order valence-electron chi connectivity index (χ1n) is 3.08. The molecule has 0 spiro atoms. The Labute approximate surface area is 59.8 Å². The molecule has 10 heavy (non-hydrogen) atoms. The van der Waals surface area contributed by atoms with Gasteiger partial charge in [-0.1, -0.05) is 35.5 Å². The number of nitrogens with zero attached hydrogens (tertiary/aromatic N) is 1. The van der Waals surface area contributed by atoms with Crippen LogP contribution in [0.5, 0.6) is 0 Å². The average molecular weight is 135 g/mol. The minimum atomic E-state index is 0.639. The molecule has 0 aliphatic carbocycles. The normalized spacial score (nSPS) is 11.5. The molecule has 0 unspecified atom stereocenters. The lowest BCUT2D eigenvalue weighted by Gasteiger charge is -1.94. The zero-order valence-corrected chi connectivity index (χ0v) is 5.78. The molecule has 1 aromatic carbocycles. The Hall–Kier alpha value is -1.31. The summed E-state index contributed by atoms with van der Waals surface area (Å²) in [4.78, 5) is 0. The molecule has 0 amide bonds. The van der Waals surface area contributed by atoms with E-state index in [2.05, 4.69) is 5.16 Å². The predicted octanol–water partition coefficient (Wildman–Crippen LogP) is 1.88. The van der Waals surface area contributed by atoms with Crippen molar-refractivity contribution >= 4 is 5.71 Å². The van der Waals surface area contributed by atoms with E-state index >= 15 is 0 Å². The van der Waals surface area contributed by atoms with Gasteiger partial charge < -0.3 is 5.21 Å². The number of oxime groups is 1. The van der Waals surface area contributed by atoms with Crippen molar-refractivity contribution in [2.75, 3.05) is 0 Å². The van der Waals surface area contributed by atoms with Gasteiger partial charge in [0.25, 0.3) is 0 Å². The molecule has 0 aliphatic rings. The number of hydrogen-bond acceptors (Lipinski definition) is 2. The highest BCUT2D eigenvalue weighted by Gasteiger charge is 1.92. The zero-order chi connectivity index (χ0) is 7.40. The van der Waals surface area contributed by atoms with Crippen LogP contribution in [0.15, 0.2) is 35.5 Å². The van der Waals surface area contributed by atoms with Crippen LogP contribution in [-0.4, -0.2) is 10.9 Å². The number of hydrogen-bond donors (Lipinski definition) is 1. The molecule has 1 rings (SSSR count). The van der Waals surface area contributed by atoms with Gasteiger partial charge in [0.05, 0.1) is 5.71 Å². The third kappa shape index (κ3) is 1.35. The van der Waals surface area contributed by atoms with Gasteiger partial charge in [0.1, 0.15) is 0 Å². The first-order valence-corrected chi connectivity index (χ1v) is 3.08. The Morgan fingerprint density at radius 2 is 1.90 bits per heavy atom. The van der Waals surface area contributed by atoms with E-state index in [1.165, 1.54) is 0 Å². The second kappa shape index (κ2) is 3.01. The molecule has 0 bridgehead atoms. The minimum Gasteiger partial charge on any atom is -0.411 e. The molecular weight excluding hydrogens is 126 g/mol. The van der Waals surface area contributed by atoms with Gasteiger partial charge >= 0.3 is 0 Å². The van der Waals surface area contributed by atoms with Crippen molar-refractivity contribution in [3.63, 3.8) is 0 Å². The first-order chi connectivity index (χ1) is 4.84. The molecule has 0 radical (unpaired) electrons. The van der Waals surface area contributed by atoms with E-state index in [0.29, 0.717) is 5.71 Å². The molecule has 0 atom stereocenters. The fourth-order valence-electron chi connectivity index (χ4n) is 0.737. The van der Waals surface area contributed by atoms with Crippen LogP contribution in [0.4, 0.5) is 0 Å². The fraction of sp³-hybridized carbons (Fsp3) is 0.125.